The third-order valence-corrected chi connectivity index (χ3v) is 9.44. The van der Waals surface area contributed by atoms with E-state index in [4.69, 9.17) is 5.73 Å². The highest BCUT2D eigenvalue weighted by atomic mass is 32.1. The zero-order valence-electron chi connectivity index (χ0n) is 26.9. The Morgan fingerprint density at radius 1 is 0.955 bits per heavy atom. The fraction of sp³-hybridized carbons (Fsp3) is 0.486. The van der Waals surface area contributed by atoms with E-state index in [1.54, 1.807) is 46.3 Å². The lowest BCUT2D eigenvalue weighted by Gasteiger charge is -2.40. The largest absolute Gasteiger partial charge is 0.375 e. The van der Waals surface area contributed by atoms with E-state index in [1.165, 1.54) is 0 Å². The third kappa shape index (κ3) is 8.99. The van der Waals surface area contributed by atoms with Gasteiger partial charge in [0.2, 0.25) is 5.91 Å². The van der Waals surface area contributed by atoms with E-state index >= 15 is 0 Å². The molecule has 1 saturated heterocycles. The SMILES string of the molecule is CN(C(=O)[C@@H](Cc1ccc2ccccc2c1)N(C)C(O)/C=C/CC(C)(C)N)[C@H](Cc1cccs1)C(=O)N(C)N1CCCCC1. The molecule has 2 aromatic carbocycles. The van der Waals surface area contributed by atoms with Crippen molar-refractivity contribution in [3.63, 3.8) is 0 Å². The van der Waals surface area contributed by atoms with Crippen molar-refractivity contribution in [1.29, 1.82) is 0 Å². The molecule has 238 valence electrons. The van der Waals surface area contributed by atoms with Crippen LogP contribution >= 0.6 is 11.3 Å². The van der Waals surface area contributed by atoms with Gasteiger partial charge in [0.25, 0.3) is 5.91 Å². The van der Waals surface area contributed by atoms with E-state index in [9.17, 15) is 14.7 Å². The van der Waals surface area contributed by atoms with Crippen LogP contribution in [0.4, 0.5) is 0 Å². The first-order chi connectivity index (χ1) is 20.9. The number of likely N-dealkylation sites (N-methyl/N-ethyl adjacent to an activating group) is 3. The molecule has 3 atom stereocenters. The maximum atomic E-state index is 14.5. The molecule has 2 heterocycles. The number of fused-ring (bicyclic) bond motifs is 1. The summed E-state index contributed by atoms with van der Waals surface area (Å²) in [7, 11) is 5.30. The molecule has 0 saturated carbocycles. The first-order valence-electron chi connectivity index (χ1n) is 15.6. The molecule has 3 aromatic rings. The standard InChI is InChI=1S/C35H49N5O3S/c1-35(2,36)19-11-16-32(41)37(3)30(24-26-17-18-27-13-7-8-14-28(27)23-26)33(42)38(4)31(25-29-15-12-22-44-29)34(43)39(5)40-20-9-6-10-21-40/h7-8,11-18,22-23,30-32,41H,6,9-10,19-21,24-25,36H2,1-5H3/b16-11+/t30-,31-,32?/m1/s1. The zero-order valence-corrected chi connectivity index (χ0v) is 27.7. The van der Waals surface area contributed by atoms with Gasteiger partial charge in [-0.15, -0.1) is 11.3 Å². The lowest BCUT2D eigenvalue weighted by molar-refractivity contribution is -0.158. The molecule has 2 amide bonds. The molecular formula is C35H49N5O3S. The van der Waals surface area contributed by atoms with Gasteiger partial charge in [0.05, 0.1) is 6.04 Å². The number of carbonyl (C=O) groups is 2. The van der Waals surface area contributed by atoms with E-state index in [-0.39, 0.29) is 11.8 Å². The van der Waals surface area contributed by atoms with Crippen molar-refractivity contribution < 1.29 is 14.7 Å². The number of benzene rings is 2. The maximum absolute atomic E-state index is 14.5. The quantitative estimate of drug-likeness (QED) is 0.213. The summed E-state index contributed by atoms with van der Waals surface area (Å²) >= 11 is 1.59. The average molecular weight is 620 g/mol. The van der Waals surface area contributed by atoms with Crippen molar-refractivity contribution in [2.24, 2.45) is 5.73 Å². The van der Waals surface area contributed by atoms with Crippen LogP contribution in [0.3, 0.4) is 0 Å². The van der Waals surface area contributed by atoms with Crippen molar-refractivity contribution in [3.8, 4) is 0 Å². The zero-order chi connectivity index (χ0) is 31.9. The number of aliphatic hydroxyl groups excluding tert-OH is 1. The second kappa shape index (κ2) is 15.3. The van der Waals surface area contributed by atoms with Crippen molar-refractivity contribution in [3.05, 3.63) is 82.6 Å². The van der Waals surface area contributed by atoms with Gasteiger partial charge in [-0.2, -0.15) is 0 Å². The van der Waals surface area contributed by atoms with Gasteiger partial charge in [-0.05, 0) is 80.4 Å². The number of nitrogens with two attached hydrogens (primary N) is 1. The highest BCUT2D eigenvalue weighted by molar-refractivity contribution is 7.09. The molecule has 0 spiro atoms. The van der Waals surface area contributed by atoms with Gasteiger partial charge in [-0.25, -0.2) is 5.01 Å². The van der Waals surface area contributed by atoms with Crippen molar-refractivity contribution in [2.45, 2.75) is 76.2 Å². The molecule has 0 aliphatic carbocycles. The Kier molecular flexibility index (Phi) is 11.7. The van der Waals surface area contributed by atoms with Gasteiger partial charge in [0.1, 0.15) is 12.3 Å². The molecule has 0 bridgehead atoms. The lowest BCUT2D eigenvalue weighted by atomic mass is 9.98. The average Bonchev–Trinajstić information content (AvgIpc) is 3.54. The van der Waals surface area contributed by atoms with Crippen LogP contribution in [0.5, 0.6) is 0 Å². The van der Waals surface area contributed by atoms with Crippen LogP contribution in [0.2, 0.25) is 0 Å². The number of aliphatic hydroxyl groups is 1. The van der Waals surface area contributed by atoms with Crippen LogP contribution in [0.15, 0.2) is 72.1 Å². The number of rotatable bonds is 13. The van der Waals surface area contributed by atoms with Crippen LogP contribution in [-0.4, -0.2) is 94.8 Å². The Balaban J connectivity index is 1.64. The van der Waals surface area contributed by atoms with Crippen molar-refractivity contribution >= 4 is 33.9 Å². The van der Waals surface area contributed by atoms with Crippen LogP contribution in [0, 0.1) is 0 Å². The number of hydrogen-bond acceptors (Lipinski definition) is 7. The molecule has 3 N–H and O–H groups in total. The predicted octanol–water partition coefficient (Wildman–Crippen LogP) is 4.68. The number of hydrogen-bond donors (Lipinski definition) is 2. The summed E-state index contributed by atoms with van der Waals surface area (Å²) in [6.45, 7) is 5.52. The highest BCUT2D eigenvalue weighted by Gasteiger charge is 2.37. The maximum Gasteiger partial charge on any atom is 0.259 e. The van der Waals surface area contributed by atoms with Gasteiger partial charge >= 0.3 is 0 Å². The number of carbonyl (C=O) groups excluding carboxylic acids is 2. The molecule has 1 unspecified atom stereocenters. The number of nitrogens with zero attached hydrogens (tertiary/aromatic N) is 4. The van der Waals surface area contributed by atoms with Crippen molar-refractivity contribution in [1.82, 2.24) is 19.8 Å². The van der Waals surface area contributed by atoms with E-state index in [2.05, 4.69) is 29.3 Å². The topological polar surface area (TPSA) is 93.3 Å². The molecule has 8 nitrogen and oxygen atoms in total. The van der Waals surface area contributed by atoms with E-state index in [1.807, 2.05) is 62.7 Å². The lowest BCUT2D eigenvalue weighted by Crippen LogP contribution is -2.58. The summed E-state index contributed by atoms with van der Waals surface area (Å²) in [4.78, 5) is 32.9. The van der Waals surface area contributed by atoms with Crippen LogP contribution in [0.25, 0.3) is 10.8 Å². The first-order valence-corrected chi connectivity index (χ1v) is 16.5. The predicted molar refractivity (Wildman–Crippen MR) is 180 cm³/mol. The van der Waals surface area contributed by atoms with E-state index in [0.29, 0.717) is 19.3 Å². The smallest absolute Gasteiger partial charge is 0.259 e. The molecule has 1 aliphatic heterocycles. The van der Waals surface area contributed by atoms with Crippen LogP contribution in [-0.2, 0) is 22.4 Å². The number of piperidine rings is 1. The summed E-state index contributed by atoms with van der Waals surface area (Å²) < 4.78 is 0. The second-order valence-electron chi connectivity index (χ2n) is 12.7. The third-order valence-electron chi connectivity index (χ3n) is 8.54. The molecule has 1 aliphatic rings. The summed E-state index contributed by atoms with van der Waals surface area (Å²) in [5.74, 6) is -0.317. The highest BCUT2D eigenvalue weighted by Crippen LogP contribution is 2.23. The fourth-order valence-electron chi connectivity index (χ4n) is 5.74. The second-order valence-corrected chi connectivity index (χ2v) is 13.8. The molecule has 4 rings (SSSR count). The van der Waals surface area contributed by atoms with Gasteiger partial charge in [0.15, 0.2) is 0 Å². The van der Waals surface area contributed by atoms with Crippen LogP contribution in [0.1, 0.15) is 50.0 Å². The number of hydrazine groups is 1. The van der Waals surface area contributed by atoms with Gasteiger partial charge in [-0.1, -0.05) is 61.0 Å². The minimum absolute atomic E-state index is 0.103. The van der Waals surface area contributed by atoms with Gasteiger partial charge in [-0.3, -0.25) is 19.5 Å². The molecule has 0 radical (unpaired) electrons. The Hall–Kier alpha value is -3.08. The molecular weight excluding hydrogens is 570 g/mol. The minimum atomic E-state index is -1.01. The molecule has 9 heteroatoms. The van der Waals surface area contributed by atoms with E-state index in [0.717, 1.165) is 53.6 Å². The van der Waals surface area contributed by atoms with Crippen LogP contribution < -0.4 is 5.73 Å². The minimum Gasteiger partial charge on any atom is -0.375 e. The first kappa shape index (κ1) is 33.8. The molecule has 44 heavy (non-hydrogen) atoms. The Bertz CT molecular complexity index is 1400. The summed E-state index contributed by atoms with van der Waals surface area (Å²) in [5.41, 5.74) is 6.71. The molecule has 1 aromatic heterocycles. The Labute approximate surface area is 266 Å². The number of thiophene rings is 1. The van der Waals surface area contributed by atoms with Gasteiger partial charge < -0.3 is 15.7 Å². The van der Waals surface area contributed by atoms with Crippen molar-refractivity contribution in [2.75, 3.05) is 34.2 Å². The normalized spacial score (nSPS) is 16.7. The summed E-state index contributed by atoms with van der Waals surface area (Å²) in [6.07, 6.45) is 7.19. The molecule has 1 fully saturated rings. The number of amides is 2. The van der Waals surface area contributed by atoms with E-state index < -0.39 is 23.9 Å². The summed E-state index contributed by atoms with van der Waals surface area (Å²) in [5, 5.41) is 19.2. The fourth-order valence-corrected chi connectivity index (χ4v) is 6.48. The Morgan fingerprint density at radius 3 is 2.32 bits per heavy atom. The Morgan fingerprint density at radius 2 is 1.66 bits per heavy atom. The van der Waals surface area contributed by atoms with Gasteiger partial charge in [0, 0.05) is 44.0 Å². The summed E-state index contributed by atoms with van der Waals surface area (Å²) in [6, 6.07) is 16.9. The monoisotopic (exact) mass is 619 g/mol.